The normalized spacial score (nSPS) is 9.64. The van der Waals surface area contributed by atoms with Crippen LogP contribution in [0.3, 0.4) is 0 Å². The molecule has 1 rings (SSSR count). The van der Waals surface area contributed by atoms with Crippen molar-refractivity contribution < 1.29 is 0 Å². The standard InChI is InChI=1S/C9H14N2/c1-2-3-8-4-6-9(11-10)7-5-8/h4-7,11H,2-3,10H2,1H3. The predicted octanol–water partition coefficient (Wildman–Crippen LogP) is 1.92. The molecule has 0 aromatic heterocycles. The van der Waals surface area contributed by atoms with Gasteiger partial charge >= 0.3 is 0 Å². The van der Waals surface area contributed by atoms with Crippen LogP contribution in [0.5, 0.6) is 0 Å². The summed E-state index contributed by atoms with van der Waals surface area (Å²) < 4.78 is 0. The van der Waals surface area contributed by atoms with Crippen LogP contribution in [0.1, 0.15) is 18.9 Å². The van der Waals surface area contributed by atoms with Crippen LogP contribution < -0.4 is 11.3 Å². The summed E-state index contributed by atoms with van der Waals surface area (Å²) >= 11 is 0. The molecule has 0 unspecified atom stereocenters. The molecular formula is C9H14N2. The van der Waals surface area contributed by atoms with Gasteiger partial charge in [-0.05, 0) is 24.1 Å². The summed E-state index contributed by atoms with van der Waals surface area (Å²) in [6, 6.07) is 8.17. The monoisotopic (exact) mass is 150 g/mol. The number of anilines is 1. The minimum absolute atomic E-state index is 0.963. The average Bonchev–Trinajstić information content (AvgIpc) is 2.07. The maximum atomic E-state index is 5.22. The average molecular weight is 150 g/mol. The van der Waals surface area contributed by atoms with E-state index < -0.39 is 0 Å². The smallest absolute Gasteiger partial charge is 0.0485 e. The molecule has 0 fully saturated rings. The molecule has 0 heterocycles. The molecule has 2 heteroatoms. The van der Waals surface area contributed by atoms with Crippen LogP contribution >= 0.6 is 0 Å². The van der Waals surface area contributed by atoms with Gasteiger partial charge in [-0.1, -0.05) is 25.5 Å². The van der Waals surface area contributed by atoms with E-state index in [1.807, 2.05) is 12.1 Å². The van der Waals surface area contributed by atoms with Gasteiger partial charge in [-0.2, -0.15) is 0 Å². The zero-order valence-corrected chi connectivity index (χ0v) is 6.80. The number of nitrogens with two attached hydrogens (primary N) is 1. The summed E-state index contributed by atoms with van der Waals surface area (Å²) in [6.07, 6.45) is 2.33. The number of aryl methyl sites for hydroxylation is 1. The van der Waals surface area contributed by atoms with E-state index in [9.17, 15) is 0 Å². The third-order valence-electron chi connectivity index (χ3n) is 1.66. The number of hydrogen-bond donors (Lipinski definition) is 2. The van der Waals surface area contributed by atoms with Crippen LogP contribution in [-0.4, -0.2) is 0 Å². The van der Waals surface area contributed by atoms with Crippen molar-refractivity contribution in [2.75, 3.05) is 5.43 Å². The fraction of sp³-hybridized carbons (Fsp3) is 0.333. The number of hydrogen-bond acceptors (Lipinski definition) is 2. The fourth-order valence-corrected chi connectivity index (χ4v) is 1.06. The van der Waals surface area contributed by atoms with Gasteiger partial charge < -0.3 is 5.43 Å². The summed E-state index contributed by atoms with van der Waals surface area (Å²) in [7, 11) is 0. The largest absolute Gasteiger partial charge is 0.324 e. The number of hydrazine groups is 1. The van der Waals surface area contributed by atoms with Crippen LogP contribution in [0, 0.1) is 0 Å². The van der Waals surface area contributed by atoms with Crippen LogP contribution in [0.15, 0.2) is 24.3 Å². The summed E-state index contributed by atoms with van der Waals surface area (Å²) in [5.41, 5.74) is 4.93. The zero-order valence-electron chi connectivity index (χ0n) is 6.80. The van der Waals surface area contributed by atoms with Gasteiger partial charge in [0.15, 0.2) is 0 Å². The Hall–Kier alpha value is -1.02. The minimum Gasteiger partial charge on any atom is -0.324 e. The third kappa shape index (κ3) is 2.24. The number of rotatable bonds is 3. The molecule has 0 aliphatic rings. The first-order chi connectivity index (χ1) is 5.36. The molecule has 0 saturated carbocycles. The Balaban J connectivity index is 2.66. The highest BCUT2D eigenvalue weighted by molar-refractivity contribution is 5.43. The maximum absolute atomic E-state index is 5.22. The Morgan fingerprint density at radius 3 is 2.36 bits per heavy atom. The van der Waals surface area contributed by atoms with Gasteiger partial charge in [0.05, 0.1) is 0 Å². The molecule has 0 radical (unpaired) electrons. The highest BCUT2D eigenvalue weighted by Gasteiger charge is 1.90. The third-order valence-corrected chi connectivity index (χ3v) is 1.66. The second-order valence-corrected chi connectivity index (χ2v) is 2.59. The Morgan fingerprint density at radius 2 is 1.91 bits per heavy atom. The molecular weight excluding hydrogens is 136 g/mol. The van der Waals surface area contributed by atoms with E-state index >= 15 is 0 Å². The summed E-state index contributed by atoms with van der Waals surface area (Å²) in [6.45, 7) is 2.18. The molecule has 0 aliphatic carbocycles. The van der Waals surface area contributed by atoms with E-state index in [0.717, 1.165) is 12.1 Å². The van der Waals surface area contributed by atoms with Crippen LogP contribution in [0.25, 0.3) is 0 Å². The van der Waals surface area contributed by atoms with Gasteiger partial charge in [-0.15, -0.1) is 0 Å². The van der Waals surface area contributed by atoms with E-state index in [0.29, 0.717) is 0 Å². The number of nitrogens with one attached hydrogen (secondary N) is 1. The Labute approximate surface area is 67.4 Å². The molecule has 11 heavy (non-hydrogen) atoms. The number of benzene rings is 1. The highest BCUT2D eigenvalue weighted by Crippen LogP contribution is 2.08. The van der Waals surface area contributed by atoms with Crippen molar-refractivity contribution in [1.29, 1.82) is 0 Å². The first kappa shape index (κ1) is 8.08. The first-order valence-corrected chi connectivity index (χ1v) is 3.92. The molecule has 0 atom stereocenters. The van der Waals surface area contributed by atoms with E-state index in [1.54, 1.807) is 0 Å². The van der Waals surface area contributed by atoms with E-state index in [2.05, 4.69) is 24.5 Å². The minimum atomic E-state index is 0.963. The van der Waals surface area contributed by atoms with Crippen LogP contribution in [0.4, 0.5) is 5.69 Å². The summed E-state index contributed by atoms with van der Waals surface area (Å²) in [4.78, 5) is 0. The molecule has 0 spiro atoms. The van der Waals surface area contributed by atoms with Gasteiger partial charge in [0.2, 0.25) is 0 Å². The molecule has 0 amide bonds. The Kier molecular flexibility index (Phi) is 2.93. The molecule has 3 N–H and O–H groups in total. The lowest BCUT2D eigenvalue weighted by molar-refractivity contribution is 0.922. The first-order valence-electron chi connectivity index (χ1n) is 3.92. The predicted molar refractivity (Wildman–Crippen MR) is 48.2 cm³/mol. The van der Waals surface area contributed by atoms with Gasteiger partial charge in [-0.25, -0.2) is 0 Å². The Bertz CT molecular complexity index is 203. The zero-order chi connectivity index (χ0) is 8.10. The lowest BCUT2D eigenvalue weighted by Gasteiger charge is -2.00. The summed E-state index contributed by atoms with van der Waals surface area (Å²) in [5, 5.41) is 0. The van der Waals surface area contributed by atoms with Gasteiger partial charge in [0.25, 0.3) is 0 Å². The SMILES string of the molecule is CCCc1ccc(NN)cc1. The van der Waals surface area contributed by atoms with Crippen molar-refractivity contribution in [3.8, 4) is 0 Å². The van der Waals surface area contributed by atoms with Crippen molar-refractivity contribution in [2.24, 2.45) is 5.84 Å². The van der Waals surface area contributed by atoms with E-state index in [-0.39, 0.29) is 0 Å². The maximum Gasteiger partial charge on any atom is 0.0485 e. The molecule has 0 saturated heterocycles. The van der Waals surface area contributed by atoms with Crippen LogP contribution in [-0.2, 0) is 6.42 Å². The molecule has 1 aromatic carbocycles. The van der Waals surface area contributed by atoms with Gasteiger partial charge in [0.1, 0.15) is 0 Å². The van der Waals surface area contributed by atoms with Crippen molar-refractivity contribution in [2.45, 2.75) is 19.8 Å². The van der Waals surface area contributed by atoms with Gasteiger partial charge in [-0.3, -0.25) is 5.84 Å². The second-order valence-electron chi connectivity index (χ2n) is 2.59. The van der Waals surface area contributed by atoms with Crippen molar-refractivity contribution >= 4 is 5.69 Å². The molecule has 1 aromatic rings. The number of nitrogen functional groups attached to an aromatic ring is 1. The molecule has 0 bridgehead atoms. The highest BCUT2D eigenvalue weighted by atomic mass is 15.2. The van der Waals surface area contributed by atoms with E-state index in [4.69, 9.17) is 5.84 Å². The molecule has 2 nitrogen and oxygen atoms in total. The van der Waals surface area contributed by atoms with Gasteiger partial charge in [0, 0.05) is 5.69 Å². The molecule has 60 valence electrons. The van der Waals surface area contributed by atoms with Crippen LogP contribution in [0.2, 0.25) is 0 Å². The lowest BCUT2D eigenvalue weighted by atomic mass is 10.1. The Morgan fingerprint density at radius 1 is 1.27 bits per heavy atom. The van der Waals surface area contributed by atoms with Crippen molar-refractivity contribution in [3.63, 3.8) is 0 Å². The quantitative estimate of drug-likeness (QED) is 0.510. The molecule has 0 aliphatic heterocycles. The fourth-order valence-electron chi connectivity index (χ4n) is 1.06. The topological polar surface area (TPSA) is 38.0 Å². The van der Waals surface area contributed by atoms with Crippen molar-refractivity contribution in [1.82, 2.24) is 0 Å². The lowest BCUT2D eigenvalue weighted by Crippen LogP contribution is -2.06. The van der Waals surface area contributed by atoms with Crippen molar-refractivity contribution in [3.05, 3.63) is 29.8 Å². The summed E-state index contributed by atoms with van der Waals surface area (Å²) in [5.74, 6) is 5.22. The van der Waals surface area contributed by atoms with E-state index in [1.165, 1.54) is 12.0 Å². The second kappa shape index (κ2) is 3.98.